The highest BCUT2D eigenvalue weighted by atomic mass is 19.3. The van der Waals surface area contributed by atoms with Crippen LogP contribution in [0, 0.1) is 0 Å². The summed E-state index contributed by atoms with van der Waals surface area (Å²) < 4.78 is 27.0. The second-order valence-electron chi connectivity index (χ2n) is 3.50. The normalized spacial score (nSPS) is 18.3. The number of ketones is 1. The van der Waals surface area contributed by atoms with Crippen molar-refractivity contribution < 1.29 is 18.7 Å². The van der Waals surface area contributed by atoms with Crippen LogP contribution in [0.25, 0.3) is 6.08 Å². The van der Waals surface area contributed by atoms with Crippen LogP contribution in [0.15, 0.2) is 23.8 Å². The summed E-state index contributed by atoms with van der Waals surface area (Å²) in [5.74, 6) is -5.01. The summed E-state index contributed by atoms with van der Waals surface area (Å²) in [6, 6.07) is 3.61. The molecule has 0 bridgehead atoms. The number of carbonyl (C=O) groups is 1. The van der Waals surface area contributed by atoms with Crippen molar-refractivity contribution in [3.05, 3.63) is 34.9 Å². The molecule has 0 amide bonds. The summed E-state index contributed by atoms with van der Waals surface area (Å²) >= 11 is 0. The van der Waals surface area contributed by atoms with E-state index in [0.717, 1.165) is 6.07 Å². The van der Waals surface area contributed by atoms with Gasteiger partial charge in [0.1, 0.15) is 5.75 Å². The fourth-order valence-electron chi connectivity index (χ4n) is 1.61. The van der Waals surface area contributed by atoms with E-state index in [1.807, 2.05) is 0 Å². The van der Waals surface area contributed by atoms with Crippen molar-refractivity contribution >= 4 is 11.9 Å². The average Bonchev–Trinajstić information content (AvgIpc) is 2.17. The van der Waals surface area contributed by atoms with Gasteiger partial charge in [0.05, 0.1) is 0 Å². The summed E-state index contributed by atoms with van der Waals surface area (Å²) in [5.41, 5.74) is -0.133. The van der Waals surface area contributed by atoms with Gasteiger partial charge in [0, 0.05) is 5.56 Å². The molecule has 0 saturated heterocycles. The molecule has 0 unspecified atom stereocenters. The van der Waals surface area contributed by atoms with Crippen molar-refractivity contribution in [2.75, 3.05) is 0 Å². The highest BCUT2D eigenvalue weighted by Gasteiger charge is 2.45. The Morgan fingerprint density at radius 1 is 1.33 bits per heavy atom. The van der Waals surface area contributed by atoms with Gasteiger partial charge in [0.2, 0.25) is 5.78 Å². The van der Waals surface area contributed by atoms with Gasteiger partial charge >= 0.3 is 5.92 Å². The Labute approximate surface area is 84.8 Å². The summed E-state index contributed by atoms with van der Waals surface area (Å²) in [7, 11) is 0. The molecule has 2 rings (SSSR count). The van der Waals surface area contributed by atoms with Gasteiger partial charge in [-0.1, -0.05) is 6.07 Å². The monoisotopic (exact) mass is 210 g/mol. The highest BCUT2D eigenvalue weighted by molar-refractivity contribution is 6.07. The number of fused-ring (bicyclic) bond motifs is 1. The molecule has 1 N–H and O–H groups in total. The van der Waals surface area contributed by atoms with E-state index in [2.05, 4.69) is 0 Å². The fraction of sp³-hybridized carbons (Fsp3) is 0.182. The Morgan fingerprint density at radius 3 is 2.67 bits per heavy atom. The molecule has 0 aromatic heterocycles. The van der Waals surface area contributed by atoms with Gasteiger partial charge in [0.15, 0.2) is 0 Å². The smallest absolute Gasteiger partial charge is 0.335 e. The topological polar surface area (TPSA) is 37.3 Å². The zero-order valence-corrected chi connectivity index (χ0v) is 7.92. The van der Waals surface area contributed by atoms with Crippen LogP contribution in [0.4, 0.5) is 8.78 Å². The zero-order valence-electron chi connectivity index (χ0n) is 7.92. The number of Topliss-reactive ketones (excluding diaryl/α,β-unsaturated/α-hetero) is 1. The second-order valence-corrected chi connectivity index (χ2v) is 3.50. The minimum atomic E-state index is -3.53. The maximum absolute atomic E-state index is 13.5. The van der Waals surface area contributed by atoms with E-state index in [0.29, 0.717) is 0 Å². The molecule has 1 aliphatic rings. The van der Waals surface area contributed by atoms with E-state index in [1.54, 1.807) is 0 Å². The molecule has 1 aliphatic carbocycles. The molecule has 4 heteroatoms. The van der Waals surface area contributed by atoms with Crippen LogP contribution < -0.4 is 0 Å². The molecule has 2 nitrogen and oxygen atoms in total. The van der Waals surface area contributed by atoms with Crippen molar-refractivity contribution in [1.82, 2.24) is 0 Å². The van der Waals surface area contributed by atoms with E-state index in [1.165, 1.54) is 25.1 Å². The molecule has 1 aromatic carbocycles. The lowest BCUT2D eigenvalue weighted by Gasteiger charge is -2.22. The number of aromatic hydroxyl groups is 1. The Bertz CT molecular complexity index is 475. The van der Waals surface area contributed by atoms with Crippen molar-refractivity contribution in [1.29, 1.82) is 0 Å². The predicted octanol–water partition coefficient (Wildman–Crippen LogP) is 2.47. The number of phenolic OH excluding ortho intramolecular Hbond substituents is 1. The number of phenols is 1. The van der Waals surface area contributed by atoms with Crippen LogP contribution in [0.2, 0.25) is 0 Å². The minimum absolute atomic E-state index is 0.0261. The average molecular weight is 210 g/mol. The fourth-order valence-corrected chi connectivity index (χ4v) is 1.61. The molecular formula is C11H8F2O2. The molecule has 0 heterocycles. The Hall–Kier alpha value is -1.71. The highest BCUT2D eigenvalue weighted by Crippen LogP contribution is 2.40. The van der Waals surface area contributed by atoms with E-state index < -0.39 is 17.3 Å². The molecular weight excluding hydrogens is 202 g/mol. The van der Waals surface area contributed by atoms with Gasteiger partial charge < -0.3 is 5.11 Å². The van der Waals surface area contributed by atoms with Crippen LogP contribution >= 0.6 is 0 Å². The number of benzene rings is 1. The summed E-state index contributed by atoms with van der Waals surface area (Å²) in [6.07, 6.45) is 1.40. The molecule has 0 saturated carbocycles. The third kappa shape index (κ3) is 1.33. The number of alkyl halides is 2. The molecule has 0 aliphatic heterocycles. The summed E-state index contributed by atoms with van der Waals surface area (Å²) in [6.45, 7) is 1.35. The van der Waals surface area contributed by atoms with E-state index in [-0.39, 0.29) is 16.9 Å². The third-order valence-corrected chi connectivity index (χ3v) is 2.39. The first kappa shape index (κ1) is 9.83. The van der Waals surface area contributed by atoms with Gasteiger partial charge in [-0.15, -0.1) is 0 Å². The van der Waals surface area contributed by atoms with Crippen LogP contribution in [0.5, 0.6) is 5.75 Å². The van der Waals surface area contributed by atoms with Gasteiger partial charge in [-0.2, -0.15) is 8.78 Å². The zero-order chi connectivity index (χ0) is 11.2. The van der Waals surface area contributed by atoms with Crippen molar-refractivity contribution in [2.24, 2.45) is 0 Å². The number of hydrogen-bond donors (Lipinski definition) is 1. The number of halogens is 2. The Kier molecular flexibility index (Phi) is 1.89. The van der Waals surface area contributed by atoms with Crippen LogP contribution in [0.1, 0.15) is 18.1 Å². The lowest BCUT2D eigenvalue weighted by molar-refractivity contribution is -0.140. The third-order valence-electron chi connectivity index (χ3n) is 2.39. The predicted molar refractivity (Wildman–Crippen MR) is 50.7 cm³/mol. The number of rotatable bonds is 0. The molecule has 0 atom stereocenters. The van der Waals surface area contributed by atoms with Gasteiger partial charge in [-0.25, -0.2) is 0 Å². The van der Waals surface area contributed by atoms with E-state index >= 15 is 0 Å². The number of allylic oxidation sites excluding steroid dienone is 1. The van der Waals surface area contributed by atoms with Crippen LogP contribution in [-0.4, -0.2) is 10.9 Å². The maximum atomic E-state index is 13.5. The van der Waals surface area contributed by atoms with Gasteiger partial charge in [-0.3, -0.25) is 4.79 Å². The van der Waals surface area contributed by atoms with Gasteiger partial charge in [-0.05, 0) is 36.3 Å². The van der Waals surface area contributed by atoms with Crippen molar-refractivity contribution in [3.8, 4) is 5.75 Å². The first-order chi connectivity index (χ1) is 6.93. The lowest BCUT2D eigenvalue weighted by atomic mass is 9.88. The van der Waals surface area contributed by atoms with Crippen molar-refractivity contribution in [3.63, 3.8) is 0 Å². The van der Waals surface area contributed by atoms with E-state index in [9.17, 15) is 13.6 Å². The largest absolute Gasteiger partial charge is 0.508 e. The molecule has 78 valence electrons. The van der Waals surface area contributed by atoms with Crippen LogP contribution in [0.3, 0.4) is 0 Å². The molecule has 0 fully saturated rings. The Balaban J connectivity index is 2.73. The minimum Gasteiger partial charge on any atom is -0.508 e. The lowest BCUT2D eigenvalue weighted by Crippen LogP contribution is -2.30. The molecule has 15 heavy (non-hydrogen) atoms. The molecule has 1 aromatic rings. The van der Waals surface area contributed by atoms with Gasteiger partial charge in [0.25, 0.3) is 0 Å². The standard InChI is InChI=1S/C11H8F2O2/c1-6-4-7-2-3-8(14)5-9(7)11(12,13)10(6)15/h2-5,14H,1H3. The quantitative estimate of drug-likeness (QED) is 0.714. The van der Waals surface area contributed by atoms with E-state index in [4.69, 9.17) is 5.11 Å². The Morgan fingerprint density at radius 2 is 2.00 bits per heavy atom. The molecule has 0 radical (unpaired) electrons. The number of carbonyl (C=O) groups excluding carboxylic acids is 1. The van der Waals surface area contributed by atoms with Crippen LogP contribution in [-0.2, 0) is 10.7 Å². The molecule has 0 spiro atoms. The van der Waals surface area contributed by atoms with Crippen molar-refractivity contribution in [2.45, 2.75) is 12.8 Å². The first-order valence-electron chi connectivity index (χ1n) is 4.37. The maximum Gasteiger partial charge on any atom is 0.335 e. The first-order valence-corrected chi connectivity index (χ1v) is 4.37. The number of hydrogen-bond acceptors (Lipinski definition) is 2. The summed E-state index contributed by atoms with van der Waals surface area (Å²) in [5, 5.41) is 9.11. The SMILES string of the molecule is CC1=Cc2ccc(O)cc2C(F)(F)C1=O. The summed E-state index contributed by atoms with van der Waals surface area (Å²) in [4.78, 5) is 11.2. The second kappa shape index (κ2) is 2.89.